The van der Waals surface area contributed by atoms with Gasteiger partial charge in [-0.1, -0.05) is 41.5 Å². The molecule has 2 rings (SSSR count). The van der Waals surface area contributed by atoms with Crippen LogP contribution >= 0.6 is 0 Å². The number of methoxy groups -OCH3 is 1. The Bertz CT molecular complexity index is 467. The van der Waals surface area contributed by atoms with Crippen molar-refractivity contribution in [2.45, 2.75) is 33.1 Å². The van der Waals surface area contributed by atoms with Crippen LogP contribution in [0.4, 0.5) is 0 Å². The summed E-state index contributed by atoms with van der Waals surface area (Å²) < 4.78 is 5.51. The fourth-order valence-electron chi connectivity index (χ4n) is 2.49. The number of ether oxygens (including phenoxy) is 1. The number of hydrogen-bond donors (Lipinski definition) is 0. The maximum Gasteiger partial charge on any atom is 0.124 e. The van der Waals surface area contributed by atoms with E-state index >= 15 is 0 Å². The Hall–Kier alpha value is -1.50. The molecule has 0 spiro atoms. The Balaban J connectivity index is 2.13. The Morgan fingerprint density at radius 3 is 2.65 bits per heavy atom. The molecule has 1 nitrogen and oxygen atoms in total. The van der Waals surface area contributed by atoms with Gasteiger partial charge in [0.25, 0.3) is 0 Å². The molecule has 1 aliphatic rings. The van der Waals surface area contributed by atoms with E-state index in [2.05, 4.69) is 44.2 Å². The summed E-state index contributed by atoms with van der Waals surface area (Å²) in [6.45, 7) is 4.26. The molecule has 0 saturated heterocycles. The van der Waals surface area contributed by atoms with Gasteiger partial charge in [-0.2, -0.15) is 0 Å². The van der Waals surface area contributed by atoms with Gasteiger partial charge in [0.15, 0.2) is 0 Å². The van der Waals surface area contributed by atoms with E-state index in [9.17, 15) is 0 Å². The van der Waals surface area contributed by atoms with Gasteiger partial charge in [-0.3, -0.25) is 0 Å². The molecule has 0 amide bonds. The topological polar surface area (TPSA) is 9.23 Å². The Morgan fingerprint density at radius 1 is 1.18 bits per heavy atom. The molecule has 0 N–H and O–H groups in total. The van der Waals surface area contributed by atoms with Crippen LogP contribution in [0.1, 0.15) is 29.5 Å². The molecule has 0 aromatic heterocycles. The van der Waals surface area contributed by atoms with Gasteiger partial charge in [0, 0.05) is 0 Å². The van der Waals surface area contributed by atoms with Gasteiger partial charge in [-0.05, 0) is 44.2 Å². The molecule has 1 aromatic carbocycles. The van der Waals surface area contributed by atoms with Crippen molar-refractivity contribution >= 4 is 0 Å². The largest absolute Gasteiger partial charge is 0.496 e. The van der Waals surface area contributed by atoms with Crippen molar-refractivity contribution in [3.8, 4) is 5.75 Å². The molecule has 1 aliphatic carbocycles. The Labute approximate surface area is 104 Å². The molecule has 0 unspecified atom stereocenters. The minimum atomic E-state index is 1.06. The lowest BCUT2D eigenvalue weighted by molar-refractivity contribution is 0.406. The third-order valence-corrected chi connectivity index (χ3v) is 3.26. The molecule has 1 aromatic rings. The van der Waals surface area contributed by atoms with E-state index in [1.807, 2.05) is 0 Å². The highest BCUT2D eigenvalue weighted by molar-refractivity contribution is 5.44. The number of benzene rings is 1. The van der Waals surface area contributed by atoms with E-state index < -0.39 is 0 Å². The van der Waals surface area contributed by atoms with Crippen molar-refractivity contribution in [1.82, 2.24) is 0 Å². The van der Waals surface area contributed by atoms with Crippen molar-refractivity contribution in [2.75, 3.05) is 7.11 Å². The van der Waals surface area contributed by atoms with E-state index in [0.29, 0.717) is 0 Å². The minimum absolute atomic E-state index is 1.06. The Kier molecular flexibility index (Phi) is 3.68. The second-order valence-electron chi connectivity index (χ2n) is 4.73. The van der Waals surface area contributed by atoms with E-state index in [1.165, 1.54) is 22.3 Å². The van der Waals surface area contributed by atoms with Crippen LogP contribution in [0.3, 0.4) is 0 Å². The fourth-order valence-corrected chi connectivity index (χ4v) is 2.49. The van der Waals surface area contributed by atoms with Gasteiger partial charge >= 0.3 is 0 Å². The van der Waals surface area contributed by atoms with E-state index in [1.54, 1.807) is 7.11 Å². The SMILES string of the molecule is COc1c(C)cc(C)cc1CCC1=CC=CC1. The first-order chi connectivity index (χ1) is 8.20. The molecule has 90 valence electrons. The molecule has 0 heterocycles. The average Bonchev–Trinajstić information content (AvgIpc) is 2.78. The van der Waals surface area contributed by atoms with Crippen LogP contribution in [-0.4, -0.2) is 7.11 Å². The van der Waals surface area contributed by atoms with Crippen molar-refractivity contribution in [3.05, 3.63) is 52.6 Å². The van der Waals surface area contributed by atoms with Crippen LogP contribution in [0.2, 0.25) is 0 Å². The zero-order chi connectivity index (χ0) is 12.3. The molecular weight excluding hydrogens is 208 g/mol. The van der Waals surface area contributed by atoms with Gasteiger partial charge in [-0.25, -0.2) is 0 Å². The summed E-state index contributed by atoms with van der Waals surface area (Å²) in [7, 11) is 1.76. The third kappa shape index (κ3) is 2.79. The van der Waals surface area contributed by atoms with Crippen molar-refractivity contribution in [2.24, 2.45) is 0 Å². The lowest BCUT2D eigenvalue weighted by Crippen LogP contribution is -1.97. The van der Waals surface area contributed by atoms with Gasteiger partial charge in [0.2, 0.25) is 0 Å². The van der Waals surface area contributed by atoms with E-state index in [4.69, 9.17) is 4.74 Å². The van der Waals surface area contributed by atoms with Crippen LogP contribution in [0.15, 0.2) is 35.9 Å². The van der Waals surface area contributed by atoms with Crippen LogP contribution in [0.5, 0.6) is 5.75 Å². The second kappa shape index (κ2) is 5.22. The quantitative estimate of drug-likeness (QED) is 0.753. The summed E-state index contributed by atoms with van der Waals surface area (Å²) in [5, 5.41) is 0. The van der Waals surface area contributed by atoms with Crippen LogP contribution in [0.25, 0.3) is 0 Å². The lowest BCUT2D eigenvalue weighted by atomic mass is 9.99. The second-order valence-corrected chi connectivity index (χ2v) is 4.73. The highest BCUT2D eigenvalue weighted by atomic mass is 16.5. The standard InChI is InChI=1S/C16H20O/c1-12-10-13(2)16(17-3)15(11-12)9-8-14-6-4-5-7-14/h4-6,10-11H,7-9H2,1-3H3. The lowest BCUT2D eigenvalue weighted by Gasteiger charge is -2.13. The van der Waals surface area contributed by atoms with Gasteiger partial charge < -0.3 is 4.74 Å². The normalized spacial score (nSPS) is 13.9. The van der Waals surface area contributed by atoms with Gasteiger partial charge in [0.1, 0.15) is 5.75 Å². The van der Waals surface area contributed by atoms with Crippen LogP contribution < -0.4 is 4.74 Å². The molecule has 0 saturated carbocycles. The number of rotatable bonds is 4. The number of allylic oxidation sites excluding steroid dienone is 4. The average molecular weight is 228 g/mol. The fraction of sp³-hybridized carbons (Fsp3) is 0.375. The van der Waals surface area contributed by atoms with E-state index in [-0.39, 0.29) is 0 Å². The van der Waals surface area contributed by atoms with Gasteiger partial charge in [0.05, 0.1) is 7.11 Å². The van der Waals surface area contributed by atoms with Crippen molar-refractivity contribution in [1.29, 1.82) is 0 Å². The first kappa shape index (κ1) is 12.0. The molecule has 0 atom stereocenters. The minimum Gasteiger partial charge on any atom is -0.496 e. The zero-order valence-electron chi connectivity index (χ0n) is 10.9. The monoisotopic (exact) mass is 228 g/mol. The Morgan fingerprint density at radius 2 is 2.00 bits per heavy atom. The third-order valence-electron chi connectivity index (χ3n) is 3.26. The summed E-state index contributed by atoms with van der Waals surface area (Å²) in [5.74, 6) is 1.06. The molecule has 0 aliphatic heterocycles. The molecule has 0 fully saturated rings. The molecule has 0 bridgehead atoms. The molecule has 17 heavy (non-hydrogen) atoms. The molecule has 0 radical (unpaired) electrons. The summed E-state index contributed by atoms with van der Waals surface area (Å²) in [5.41, 5.74) is 5.40. The summed E-state index contributed by atoms with van der Waals surface area (Å²) in [4.78, 5) is 0. The summed E-state index contributed by atoms with van der Waals surface area (Å²) >= 11 is 0. The van der Waals surface area contributed by atoms with Gasteiger partial charge in [-0.15, -0.1) is 0 Å². The summed E-state index contributed by atoms with van der Waals surface area (Å²) in [6.07, 6.45) is 9.91. The first-order valence-electron chi connectivity index (χ1n) is 6.19. The predicted molar refractivity (Wildman–Crippen MR) is 72.6 cm³/mol. The van der Waals surface area contributed by atoms with Crippen LogP contribution in [0, 0.1) is 13.8 Å². The molecule has 1 heteroatoms. The zero-order valence-corrected chi connectivity index (χ0v) is 10.9. The van der Waals surface area contributed by atoms with Crippen molar-refractivity contribution in [3.63, 3.8) is 0 Å². The smallest absolute Gasteiger partial charge is 0.124 e. The highest BCUT2D eigenvalue weighted by Crippen LogP contribution is 2.28. The van der Waals surface area contributed by atoms with Crippen molar-refractivity contribution < 1.29 is 4.74 Å². The maximum absolute atomic E-state index is 5.51. The highest BCUT2D eigenvalue weighted by Gasteiger charge is 2.08. The predicted octanol–water partition coefficient (Wildman–Crippen LogP) is 4.13. The molecular formula is C16H20O. The number of hydrogen-bond acceptors (Lipinski definition) is 1. The summed E-state index contributed by atoms with van der Waals surface area (Å²) in [6, 6.07) is 4.42. The van der Waals surface area contributed by atoms with Crippen LogP contribution in [-0.2, 0) is 6.42 Å². The first-order valence-corrected chi connectivity index (χ1v) is 6.19. The number of aryl methyl sites for hydroxylation is 3. The van der Waals surface area contributed by atoms with E-state index in [0.717, 1.165) is 25.0 Å². The maximum atomic E-state index is 5.51.